The lowest BCUT2D eigenvalue weighted by atomic mass is 10.3. The highest BCUT2D eigenvalue weighted by Crippen LogP contribution is 2.38. The van der Waals surface area contributed by atoms with Crippen LogP contribution in [0.5, 0.6) is 11.5 Å². The van der Waals surface area contributed by atoms with Crippen molar-refractivity contribution in [3.63, 3.8) is 0 Å². The predicted molar refractivity (Wildman–Crippen MR) is 112 cm³/mol. The monoisotopic (exact) mass is 431 g/mol. The maximum atomic E-state index is 9.69. The van der Waals surface area contributed by atoms with E-state index in [0.29, 0.717) is 22.4 Å². The summed E-state index contributed by atoms with van der Waals surface area (Å²) in [7, 11) is 0. The highest BCUT2D eigenvalue weighted by molar-refractivity contribution is 7.99. The van der Waals surface area contributed by atoms with Gasteiger partial charge in [0.25, 0.3) is 0 Å². The van der Waals surface area contributed by atoms with Crippen LogP contribution in [0.1, 0.15) is 30.5 Å². The van der Waals surface area contributed by atoms with Crippen molar-refractivity contribution in [3.8, 4) is 11.5 Å². The van der Waals surface area contributed by atoms with Crippen LogP contribution < -0.4 is 10.1 Å². The topological polar surface area (TPSA) is 113 Å². The number of nitrogens with one attached hydrogen (secondary N) is 1. The van der Waals surface area contributed by atoms with Gasteiger partial charge in [0, 0.05) is 34.6 Å². The molecule has 1 atom stereocenters. The van der Waals surface area contributed by atoms with Gasteiger partial charge < -0.3 is 20.3 Å². The number of aliphatic hydroxyl groups is 2. The van der Waals surface area contributed by atoms with Gasteiger partial charge in [0.05, 0.1) is 12.3 Å². The fourth-order valence-corrected chi connectivity index (χ4v) is 4.17. The Balaban J connectivity index is 1.58. The lowest BCUT2D eigenvalue weighted by Crippen LogP contribution is -2.04. The molecule has 3 aromatic heterocycles. The molecule has 0 bridgehead atoms. The Morgan fingerprint density at radius 2 is 2.21 bits per heavy atom. The lowest BCUT2D eigenvalue weighted by Gasteiger charge is -2.13. The molecule has 3 aromatic rings. The van der Waals surface area contributed by atoms with Crippen molar-refractivity contribution < 1.29 is 14.9 Å². The summed E-state index contributed by atoms with van der Waals surface area (Å²) in [6.07, 6.45) is 5.03. The highest BCUT2D eigenvalue weighted by atomic mass is 32.2. The van der Waals surface area contributed by atoms with Crippen LogP contribution >= 0.6 is 23.3 Å². The Bertz CT molecular complexity index is 980. The molecule has 29 heavy (non-hydrogen) atoms. The summed E-state index contributed by atoms with van der Waals surface area (Å²) in [6.45, 7) is 1.45. The first kappa shape index (κ1) is 20.0. The molecule has 0 amide bonds. The number of hydrogen-bond donors (Lipinski definition) is 3. The summed E-state index contributed by atoms with van der Waals surface area (Å²) < 4.78 is 10.2. The maximum Gasteiger partial charge on any atom is 0.208 e. The van der Waals surface area contributed by atoms with Gasteiger partial charge in [-0.05, 0) is 43.9 Å². The van der Waals surface area contributed by atoms with Gasteiger partial charge in [-0.2, -0.15) is 4.37 Å². The highest BCUT2D eigenvalue weighted by Gasteiger charge is 2.22. The number of hydrogen-bond acceptors (Lipinski definition) is 10. The van der Waals surface area contributed by atoms with Crippen LogP contribution in [0.3, 0.4) is 0 Å². The van der Waals surface area contributed by atoms with Crippen molar-refractivity contribution in [2.24, 2.45) is 5.92 Å². The first-order valence-corrected chi connectivity index (χ1v) is 11.0. The van der Waals surface area contributed by atoms with E-state index in [2.05, 4.69) is 24.6 Å². The predicted octanol–water partition coefficient (Wildman–Crippen LogP) is 3.70. The Morgan fingerprint density at radius 1 is 1.34 bits per heavy atom. The van der Waals surface area contributed by atoms with Crippen molar-refractivity contribution in [3.05, 3.63) is 42.1 Å². The number of aryl methyl sites for hydroxylation is 1. The average molecular weight is 432 g/mol. The largest absolute Gasteiger partial charge is 0.452 e. The minimum Gasteiger partial charge on any atom is -0.452 e. The summed E-state index contributed by atoms with van der Waals surface area (Å²) in [5.41, 5.74) is 0.777. The number of aromatic nitrogens is 4. The van der Waals surface area contributed by atoms with E-state index >= 15 is 0 Å². The molecule has 0 spiro atoms. The van der Waals surface area contributed by atoms with Crippen molar-refractivity contribution in [2.75, 3.05) is 17.7 Å². The van der Waals surface area contributed by atoms with Gasteiger partial charge in [0.1, 0.15) is 11.9 Å². The summed E-state index contributed by atoms with van der Waals surface area (Å²) in [5.74, 6) is 3.75. The third-order valence-corrected chi connectivity index (χ3v) is 6.17. The normalized spacial score (nSPS) is 14.6. The van der Waals surface area contributed by atoms with Crippen LogP contribution in [0.4, 0.5) is 10.9 Å². The number of nitrogens with zero attached hydrogens (tertiary/aromatic N) is 4. The zero-order valence-corrected chi connectivity index (χ0v) is 17.4. The Hall–Kier alpha value is -2.27. The van der Waals surface area contributed by atoms with Crippen molar-refractivity contribution >= 4 is 34.2 Å². The van der Waals surface area contributed by atoms with Crippen LogP contribution in [0.25, 0.3) is 0 Å². The van der Waals surface area contributed by atoms with Crippen molar-refractivity contribution in [2.45, 2.75) is 30.8 Å². The van der Waals surface area contributed by atoms with Gasteiger partial charge in [-0.1, -0.05) is 0 Å². The molecule has 1 fully saturated rings. The number of rotatable bonds is 9. The second-order valence-electron chi connectivity index (χ2n) is 6.74. The molecule has 1 aliphatic rings. The SMILES string of the molecule is Cc1ncccc1Oc1cc(SCC2CC2)cnc1Nc1nc([C@H](O)CO)ns1. The Morgan fingerprint density at radius 3 is 2.97 bits per heavy atom. The molecule has 1 aliphatic carbocycles. The number of ether oxygens (including phenoxy) is 1. The van der Waals surface area contributed by atoms with Crippen LogP contribution in [-0.2, 0) is 0 Å². The van der Waals surface area contributed by atoms with Gasteiger partial charge in [-0.25, -0.2) is 9.97 Å². The van der Waals surface area contributed by atoms with E-state index in [4.69, 9.17) is 9.84 Å². The minimum atomic E-state index is -1.11. The number of aliphatic hydroxyl groups excluding tert-OH is 2. The second kappa shape index (κ2) is 9.04. The molecular formula is C19H21N5O3S2. The molecule has 0 aliphatic heterocycles. The third-order valence-electron chi connectivity index (χ3n) is 4.33. The van der Waals surface area contributed by atoms with E-state index in [1.807, 2.05) is 31.3 Å². The van der Waals surface area contributed by atoms with Crippen LogP contribution in [-0.4, -0.2) is 41.9 Å². The maximum absolute atomic E-state index is 9.69. The van der Waals surface area contributed by atoms with Crippen LogP contribution in [0.15, 0.2) is 35.5 Å². The van der Waals surface area contributed by atoms with Gasteiger partial charge in [-0.3, -0.25) is 4.98 Å². The first-order chi connectivity index (χ1) is 14.1. The van der Waals surface area contributed by atoms with Crippen molar-refractivity contribution in [1.29, 1.82) is 0 Å². The van der Waals surface area contributed by atoms with Gasteiger partial charge in [0.15, 0.2) is 17.4 Å². The van der Waals surface area contributed by atoms with Crippen LogP contribution in [0, 0.1) is 12.8 Å². The molecule has 152 valence electrons. The van der Waals surface area contributed by atoms with E-state index in [1.165, 1.54) is 12.8 Å². The number of thioether (sulfide) groups is 1. The van der Waals surface area contributed by atoms with Crippen LogP contribution in [0.2, 0.25) is 0 Å². The smallest absolute Gasteiger partial charge is 0.208 e. The molecule has 1 saturated carbocycles. The minimum absolute atomic E-state index is 0.169. The second-order valence-corrected chi connectivity index (χ2v) is 8.59. The molecule has 3 heterocycles. The van der Waals surface area contributed by atoms with Gasteiger partial charge >= 0.3 is 0 Å². The molecule has 8 nitrogen and oxygen atoms in total. The molecule has 4 rings (SSSR count). The fraction of sp³-hybridized carbons (Fsp3) is 0.368. The zero-order valence-electron chi connectivity index (χ0n) is 15.8. The molecule has 10 heteroatoms. The Kier molecular flexibility index (Phi) is 6.24. The summed E-state index contributed by atoms with van der Waals surface area (Å²) in [4.78, 5) is 14.0. The number of anilines is 2. The first-order valence-electron chi connectivity index (χ1n) is 9.24. The van der Waals surface area contributed by atoms with Gasteiger partial charge in [-0.15, -0.1) is 11.8 Å². The van der Waals surface area contributed by atoms with E-state index in [-0.39, 0.29) is 5.82 Å². The van der Waals surface area contributed by atoms with E-state index < -0.39 is 12.7 Å². The summed E-state index contributed by atoms with van der Waals surface area (Å²) in [6, 6.07) is 5.64. The fourth-order valence-electron chi connectivity index (χ4n) is 2.48. The standard InChI is InChI=1S/C19H21N5O3S2/c1-11-15(3-2-6-20-11)27-16-7-13(28-10-12-4-5-12)8-21-18(16)23-19-22-17(24-29-19)14(26)9-25/h2-3,6-8,12,14,25-26H,4-5,9-10H2,1H3,(H,21,22,23,24)/t14-/m1/s1. The lowest BCUT2D eigenvalue weighted by molar-refractivity contribution is 0.0897. The third kappa shape index (κ3) is 5.21. The van der Waals surface area contributed by atoms with Gasteiger partial charge in [0.2, 0.25) is 5.13 Å². The zero-order chi connectivity index (χ0) is 20.2. The molecule has 0 aromatic carbocycles. The number of pyridine rings is 2. The Labute approximate surface area is 176 Å². The molecule has 0 unspecified atom stereocenters. The molecule has 0 radical (unpaired) electrons. The molecular weight excluding hydrogens is 410 g/mol. The van der Waals surface area contributed by atoms with E-state index in [9.17, 15) is 5.11 Å². The van der Waals surface area contributed by atoms with Crippen molar-refractivity contribution in [1.82, 2.24) is 19.3 Å². The quantitative estimate of drug-likeness (QED) is 0.436. The summed E-state index contributed by atoms with van der Waals surface area (Å²) in [5, 5.41) is 22.3. The average Bonchev–Trinajstić information content (AvgIpc) is 3.45. The summed E-state index contributed by atoms with van der Waals surface area (Å²) >= 11 is 2.85. The molecule has 0 saturated heterocycles. The molecule has 3 N–H and O–H groups in total. The van der Waals surface area contributed by atoms with E-state index in [0.717, 1.165) is 33.8 Å². The van der Waals surface area contributed by atoms with E-state index in [1.54, 1.807) is 18.0 Å².